The Hall–Kier alpha value is -2.86. The van der Waals surface area contributed by atoms with Gasteiger partial charge in [-0.15, -0.1) is 0 Å². The molecule has 0 bridgehead atoms. The predicted octanol–water partition coefficient (Wildman–Crippen LogP) is 6.01. The van der Waals surface area contributed by atoms with Crippen molar-refractivity contribution in [1.82, 2.24) is 0 Å². The Balaban J connectivity index is 3.38. The fourth-order valence-electron chi connectivity index (χ4n) is 2.54. The number of hydrogen-bond acceptors (Lipinski definition) is 3. The van der Waals surface area contributed by atoms with Crippen molar-refractivity contribution in [3.8, 4) is 0 Å². The monoisotopic (exact) mass is 493 g/mol. The lowest BCUT2D eigenvalue weighted by Gasteiger charge is -2.27. The second kappa shape index (κ2) is 9.96. The predicted molar refractivity (Wildman–Crippen MR) is 99.1 cm³/mol. The van der Waals surface area contributed by atoms with Crippen molar-refractivity contribution in [2.75, 3.05) is 18.0 Å². The van der Waals surface area contributed by atoms with Gasteiger partial charge < -0.3 is 4.90 Å². The van der Waals surface area contributed by atoms with Gasteiger partial charge in [-0.25, -0.2) is 0 Å². The van der Waals surface area contributed by atoms with Crippen LogP contribution in [-0.4, -0.2) is 48.9 Å². The van der Waals surface area contributed by atoms with Crippen LogP contribution in [0.5, 0.6) is 0 Å². The fourth-order valence-corrected chi connectivity index (χ4v) is 2.54. The zero-order chi connectivity index (χ0) is 25.8. The highest BCUT2D eigenvalue weighted by Crippen LogP contribution is 2.48. The summed E-state index contributed by atoms with van der Waals surface area (Å²) in [6.07, 6.45) is -11.7. The summed E-state index contributed by atoms with van der Waals surface area (Å²) in [5, 5.41) is 0. The minimum absolute atomic E-state index is 0.184. The summed E-state index contributed by atoms with van der Waals surface area (Å²) in [6, 6.07) is 6.03. The highest BCUT2D eigenvalue weighted by Gasteiger charge is 2.76. The van der Waals surface area contributed by atoms with Crippen molar-refractivity contribution in [3.05, 3.63) is 47.6 Å². The van der Waals surface area contributed by atoms with Crippen molar-refractivity contribution in [2.45, 2.75) is 38.0 Å². The maximum Gasteiger partial charge on any atom is 0.460 e. The van der Waals surface area contributed by atoms with Gasteiger partial charge in [-0.1, -0.05) is 24.3 Å². The molecule has 0 aliphatic rings. The first-order valence-electron chi connectivity index (χ1n) is 9.13. The fraction of sp³-hybridized carbons (Fsp3) is 0.400. The lowest BCUT2D eigenvalue weighted by molar-refractivity contribution is -0.342. The summed E-state index contributed by atoms with van der Waals surface area (Å²) in [4.78, 5) is 24.9. The van der Waals surface area contributed by atoms with Gasteiger partial charge in [0.25, 0.3) is 5.78 Å². The van der Waals surface area contributed by atoms with E-state index >= 15 is 0 Å². The highest BCUT2D eigenvalue weighted by molar-refractivity contribution is 6.24. The molecule has 0 amide bonds. The quantitative estimate of drug-likeness (QED) is 0.139. The third-order valence-electron chi connectivity index (χ3n) is 4.36. The van der Waals surface area contributed by atoms with E-state index in [9.17, 15) is 53.5 Å². The number of hydrogen-bond donors (Lipinski definition) is 0. The number of ketones is 2. The zero-order valence-electron chi connectivity index (χ0n) is 17.0. The molecule has 0 fully saturated rings. The molecule has 0 saturated carbocycles. The lowest BCUT2D eigenvalue weighted by atomic mass is 9.96. The zero-order valence-corrected chi connectivity index (χ0v) is 17.0. The Bertz CT molecular complexity index is 908. The Morgan fingerprint density at radius 1 is 0.818 bits per heavy atom. The van der Waals surface area contributed by atoms with Crippen LogP contribution < -0.4 is 4.90 Å². The van der Waals surface area contributed by atoms with E-state index in [4.69, 9.17) is 0 Å². The number of alkyl halides is 10. The topological polar surface area (TPSA) is 37.4 Å². The first-order chi connectivity index (χ1) is 14.9. The molecule has 0 radical (unpaired) electrons. The number of nitrogens with zero attached hydrogens (tertiary/aromatic N) is 1. The number of halogens is 10. The Morgan fingerprint density at radius 2 is 1.30 bits per heavy atom. The van der Waals surface area contributed by atoms with Crippen LogP contribution in [0, 0.1) is 0 Å². The first-order valence-corrected chi connectivity index (χ1v) is 9.13. The van der Waals surface area contributed by atoms with Gasteiger partial charge in [-0.3, -0.25) is 9.59 Å². The van der Waals surface area contributed by atoms with Crippen molar-refractivity contribution >= 4 is 23.3 Å². The summed E-state index contributed by atoms with van der Waals surface area (Å²) < 4.78 is 128. The van der Waals surface area contributed by atoms with Crippen molar-refractivity contribution in [2.24, 2.45) is 0 Å². The Morgan fingerprint density at radius 3 is 1.70 bits per heavy atom. The molecule has 0 atom stereocenters. The molecule has 1 aromatic rings. The van der Waals surface area contributed by atoms with Gasteiger partial charge in [0.1, 0.15) is 0 Å². The van der Waals surface area contributed by atoms with E-state index in [1.807, 2.05) is 18.7 Å². The van der Waals surface area contributed by atoms with Crippen molar-refractivity contribution < 1.29 is 53.5 Å². The number of carbonyl (C=O) groups excluding carboxylic acids is 2. The Labute approximate surface area is 181 Å². The standard InChI is InChI=1S/C20H17F10NO2/c1-3-31(4-2)13-10-8-12(9-11-13)6-5-7-14(16(33)18(23,24)25)15(32)17(21,22)19(26,27)20(28,29)30/h5-11H,3-4H2,1-2H3/b6-5+,14-7-. The third kappa shape index (κ3) is 6.14. The molecule has 1 aromatic carbocycles. The van der Waals surface area contributed by atoms with Gasteiger partial charge in [-0.2, -0.15) is 43.9 Å². The van der Waals surface area contributed by atoms with Crippen LogP contribution >= 0.6 is 0 Å². The average molecular weight is 493 g/mol. The van der Waals surface area contributed by atoms with E-state index in [-0.39, 0.29) is 11.6 Å². The third-order valence-corrected chi connectivity index (χ3v) is 4.36. The number of anilines is 1. The van der Waals surface area contributed by atoms with Crippen LogP contribution in [0.3, 0.4) is 0 Å². The van der Waals surface area contributed by atoms with E-state index in [1.54, 1.807) is 12.1 Å². The minimum atomic E-state index is -7.02. The molecule has 0 aliphatic carbocycles. The summed E-state index contributed by atoms with van der Waals surface area (Å²) in [5.74, 6) is -20.6. The average Bonchev–Trinajstić information content (AvgIpc) is 2.70. The number of benzene rings is 1. The molecule has 33 heavy (non-hydrogen) atoms. The van der Waals surface area contributed by atoms with Crippen molar-refractivity contribution in [3.63, 3.8) is 0 Å². The molecule has 0 heterocycles. The molecule has 184 valence electrons. The van der Waals surface area contributed by atoms with Gasteiger partial charge in [0.2, 0.25) is 5.78 Å². The summed E-state index contributed by atoms with van der Waals surface area (Å²) in [6.45, 7) is 5.04. The molecule has 3 nitrogen and oxygen atoms in total. The van der Waals surface area contributed by atoms with Gasteiger partial charge in [0, 0.05) is 18.8 Å². The van der Waals surface area contributed by atoms with Crippen LogP contribution in [-0.2, 0) is 9.59 Å². The summed E-state index contributed by atoms with van der Waals surface area (Å²) in [7, 11) is 0. The van der Waals surface area contributed by atoms with E-state index in [0.717, 1.165) is 11.8 Å². The lowest BCUT2D eigenvalue weighted by Crippen LogP contribution is -2.57. The maximum atomic E-state index is 13.6. The van der Waals surface area contributed by atoms with E-state index in [1.165, 1.54) is 12.1 Å². The number of Topliss-reactive ketones (excluding diaryl/α,β-unsaturated/α-hetero) is 2. The first kappa shape index (κ1) is 28.2. The molecule has 0 N–H and O–H groups in total. The second-order valence-electron chi connectivity index (χ2n) is 6.51. The van der Waals surface area contributed by atoms with Crippen LogP contribution in [0.15, 0.2) is 42.0 Å². The van der Waals surface area contributed by atoms with Crippen molar-refractivity contribution in [1.29, 1.82) is 0 Å². The smallest absolute Gasteiger partial charge is 0.372 e. The SMILES string of the molecule is CCN(CC)c1ccc(/C=C/C=C(\C(=O)C(F)(F)F)C(=O)C(F)(F)C(F)(F)C(F)(F)F)cc1. The molecule has 1 rings (SSSR count). The highest BCUT2D eigenvalue weighted by atomic mass is 19.4. The summed E-state index contributed by atoms with van der Waals surface area (Å²) >= 11 is 0. The molecule has 0 unspecified atom stereocenters. The largest absolute Gasteiger partial charge is 0.460 e. The van der Waals surface area contributed by atoms with Gasteiger partial charge in [0.15, 0.2) is 0 Å². The van der Waals surface area contributed by atoms with E-state index in [0.29, 0.717) is 19.2 Å². The van der Waals surface area contributed by atoms with Crippen LogP contribution in [0.4, 0.5) is 49.6 Å². The van der Waals surface area contributed by atoms with Crippen LogP contribution in [0.25, 0.3) is 6.08 Å². The van der Waals surface area contributed by atoms with Crippen LogP contribution in [0.2, 0.25) is 0 Å². The molecule has 0 aromatic heterocycles. The molecule has 0 spiro atoms. The molecule has 0 saturated heterocycles. The van der Waals surface area contributed by atoms with Gasteiger partial charge in [0.05, 0.1) is 5.57 Å². The molecular formula is C20H17F10NO2. The molecular weight excluding hydrogens is 476 g/mol. The summed E-state index contributed by atoms with van der Waals surface area (Å²) in [5.41, 5.74) is -1.59. The maximum absolute atomic E-state index is 13.6. The molecule has 13 heteroatoms. The van der Waals surface area contributed by atoms with E-state index < -0.39 is 41.3 Å². The van der Waals surface area contributed by atoms with Crippen LogP contribution in [0.1, 0.15) is 19.4 Å². The minimum Gasteiger partial charge on any atom is -0.372 e. The Kier molecular flexibility index (Phi) is 8.50. The number of allylic oxidation sites excluding steroid dienone is 3. The van der Waals surface area contributed by atoms with E-state index in [2.05, 4.69) is 0 Å². The normalized spacial score (nSPS) is 14.0. The number of carbonyl (C=O) groups is 2. The molecule has 0 aliphatic heterocycles. The van der Waals surface area contributed by atoms with Gasteiger partial charge in [-0.05, 0) is 37.6 Å². The second-order valence-corrected chi connectivity index (χ2v) is 6.51. The van der Waals surface area contributed by atoms with Gasteiger partial charge >= 0.3 is 24.2 Å². The number of rotatable bonds is 9.